The molecule has 0 radical (unpaired) electrons. The molecule has 1 saturated heterocycles. The maximum absolute atomic E-state index is 9.51. The summed E-state index contributed by atoms with van der Waals surface area (Å²) in [5, 5.41) is 9.51. The molecular weight excluding hydrogens is 214 g/mol. The van der Waals surface area contributed by atoms with Crippen LogP contribution in [0.2, 0.25) is 0 Å². The first kappa shape index (κ1) is 14.9. The lowest BCUT2D eigenvalue weighted by Crippen LogP contribution is -2.42. The molecule has 102 valence electrons. The van der Waals surface area contributed by atoms with Crippen molar-refractivity contribution < 1.29 is 9.84 Å². The Labute approximate surface area is 106 Å². The summed E-state index contributed by atoms with van der Waals surface area (Å²) in [6, 6.07) is 0.561. The lowest BCUT2D eigenvalue weighted by atomic mass is 9.97. The minimum atomic E-state index is -0.183. The van der Waals surface area contributed by atoms with E-state index in [1.165, 1.54) is 25.8 Å². The summed E-state index contributed by atoms with van der Waals surface area (Å²) in [5.41, 5.74) is 0. The van der Waals surface area contributed by atoms with E-state index < -0.39 is 0 Å². The number of hydrogen-bond acceptors (Lipinski definition) is 3. The van der Waals surface area contributed by atoms with E-state index >= 15 is 0 Å². The number of aliphatic hydroxyl groups excluding tert-OH is 1. The van der Waals surface area contributed by atoms with Crippen molar-refractivity contribution in [1.82, 2.24) is 4.90 Å². The number of likely N-dealkylation sites (tertiary alicyclic amines) is 1. The average molecular weight is 243 g/mol. The monoisotopic (exact) mass is 243 g/mol. The van der Waals surface area contributed by atoms with Gasteiger partial charge in [-0.25, -0.2) is 0 Å². The van der Waals surface area contributed by atoms with Crippen LogP contribution in [0.5, 0.6) is 0 Å². The molecule has 0 saturated carbocycles. The molecule has 0 aliphatic carbocycles. The van der Waals surface area contributed by atoms with E-state index in [0.717, 1.165) is 26.2 Å². The zero-order chi connectivity index (χ0) is 12.7. The van der Waals surface area contributed by atoms with Crippen LogP contribution < -0.4 is 0 Å². The van der Waals surface area contributed by atoms with Crippen molar-refractivity contribution in [3.05, 3.63) is 0 Å². The summed E-state index contributed by atoms with van der Waals surface area (Å²) in [7, 11) is 0. The van der Waals surface area contributed by atoms with E-state index in [1.54, 1.807) is 0 Å². The summed E-state index contributed by atoms with van der Waals surface area (Å²) < 4.78 is 5.65. The van der Waals surface area contributed by atoms with Crippen LogP contribution in [-0.2, 0) is 4.74 Å². The number of hydrogen-bond donors (Lipinski definition) is 1. The minimum absolute atomic E-state index is 0.183. The van der Waals surface area contributed by atoms with Crippen molar-refractivity contribution in [1.29, 1.82) is 0 Å². The van der Waals surface area contributed by atoms with Crippen LogP contribution in [0.3, 0.4) is 0 Å². The number of aliphatic hydroxyl groups is 1. The fourth-order valence-electron chi connectivity index (χ4n) is 2.52. The summed E-state index contributed by atoms with van der Waals surface area (Å²) in [5.74, 6) is 0.615. The molecule has 0 amide bonds. The van der Waals surface area contributed by atoms with Crippen molar-refractivity contribution in [3.8, 4) is 0 Å². The fraction of sp³-hybridized carbons (Fsp3) is 1.00. The van der Waals surface area contributed by atoms with Gasteiger partial charge in [-0.05, 0) is 38.6 Å². The molecule has 1 aliphatic rings. The Balaban J connectivity index is 2.22. The van der Waals surface area contributed by atoms with Crippen molar-refractivity contribution in [2.24, 2.45) is 5.92 Å². The SMILES string of the molecule is CC(C)COCCN1CCCCC1CC(C)O. The third-order valence-corrected chi connectivity index (χ3v) is 3.34. The van der Waals surface area contributed by atoms with Crippen LogP contribution in [0.25, 0.3) is 0 Å². The predicted molar refractivity (Wildman–Crippen MR) is 71.2 cm³/mol. The number of piperidine rings is 1. The van der Waals surface area contributed by atoms with Crippen LogP contribution in [-0.4, -0.2) is 48.5 Å². The first-order valence-corrected chi connectivity index (χ1v) is 7.09. The molecule has 0 aromatic carbocycles. The number of nitrogens with zero attached hydrogens (tertiary/aromatic N) is 1. The Morgan fingerprint density at radius 1 is 1.29 bits per heavy atom. The maximum Gasteiger partial charge on any atom is 0.0593 e. The summed E-state index contributed by atoms with van der Waals surface area (Å²) in [6.45, 7) is 10.1. The number of ether oxygens (including phenoxy) is 1. The van der Waals surface area contributed by atoms with E-state index in [-0.39, 0.29) is 6.10 Å². The Kier molecular flexibility index (Phi) is 7.09. The van der Waals surface area contributed by atoms with Crippen LogP contribution >= 0.6 is 0 Å². The van der Waals surface area contributed by atoms with Gasteiger partial charge < -0.3 is 9.84 Å². The van der Waals surface area contributed by atoms with Gasteiger partial charge in [0.05, 0.1) is 12.7 Å². The smallest absolute Gasteiger partial charge is 0.0593 e. The summed E-state index contributed by atoms with van der Waals surface area (Å²) in [4.78, 5) is 2.50. The molecule has 1 aliphatic heterocycles. The van der Waals surface area contributed by atoms with Gasteiger partial charge in [0.1, 0.15) is 0 Å². The zero-order valence-electron chi connectivity index (χ0n) is 11.7. The van der Waals surface area contributed by atoms with Crippen molar-refractivity contribution in [2.75, 3.05) is 26.3 Å². The molecule has 17 heavy (non-hydrogen) atoms. The van der Waals surface area contributed by atoms with Crippen molar-refractivity contribution in [2.45, 2.75) is 58.6 Å². The first-order valence-electron chi connectivity index (χ1n) is 7.09. The van der Waals surface area contributed by atoms with Crippen LogP contribution in [0.1, 0.15) is 46.5 Å². The largest absolute Gasteiger partial charge is 0.393 e. The molecule has 2 unspecified atom stereocenters. The Morgan fingerprint density at radius 2 is 2.06 bits per heavy atom. The highest BCUT2D eigenvalue weighted by Crippen LogP contribution is 2.20. The fourth-order valence-corrected chi connectivity index (χ4v) is 2.52. The molecule has 1 fully saturated rings. The second-order valence-corrected chi connectivity index (χ2v) is 5.74. The topological polar surface area (TPSA) is 32.7 Å². The molecule has 1 heterocycles. The van der Waals surface area contributed by atoms with Crippen molar-refractivity contribution >= 4 is 0 Å². The van der Waals surface area contributed by atoms with E-state index in [4.69, 9.17) is 4.74 Å². The van der Waals surface area contributed by atoms with Crippen molar-refractivity contribution in [3.63, 3.8) is 0 Å². The van der Waals surface area contributed by atoms with Gasteiger partial charge in [0.2, 0.25) is 0 Å². The highest BCUT2D eigenvalue weighted by atomic mass is 16.5. The van der Waals surface area contributed by atoms with Gasteiger partial charge in [-0.3, -0.25) is 4.90 Å². The second-order valence-electron chi connectivity index (χ2n) is 5.74. The summed E-state index contributed by atoms with van der Waals surface area (Å²) in [6.07, 6.45) is 4.55. The van der Waals surface area contributed by atoms with E-state index in [1.807, 2.05) is 6.92 Å². The Hall–Kier alpha value is -0.120. The second kappa shape index (κ2) is 8.06. The number of rotatable bonds is 7. The zero-order valence-corrected chi connectivity index (χ0v) is 11.7. The van der Waals surface area contributed by atoms with Gasteiger partial charge in [-0.2, -0.15) is 0 Å². The molecule has 0 spiro atoms. The molecule has 0 aromatic rings. The van der Waals surface area contributed by atoms with Gasteiger partial charge in [0.15, 0.2) is 0 Å². The van der Waals surface area contributed by atoms with Crippen LogP contribution in [0.15, 0.2) is 0 Å². The quantitative estimate of drug-likeness (QED) is 0.696. The molecule has 1 rings (SSSR count). The molecule has 3 nitrogen and oxygen atoms in total. The molecule has 0 aromatic heterocycles. The Morgan fingerprint density at radius 3 is 2.71 bits per heavy atom. The van der Waals surface area contributed by atoms with Crippen LogP contribution in [0.4, 0.5) is 0 Å². The molecule has 0 bridgehead atoms. The Bertz CT molecular complexity index is 195. The van der Waals surface area contributed by atoms with E-state index in [2.05, 4.69) is 18.7 Å². The molecule has 2 atom stereocenters. The molecular formula is C14H29NO2. The first-order chi connectivity index (χ1) is 8.09. The standard InChI is InChI=1S/C14H29NO2/c1-12(2)11-17-9-8-15-7-5-4-6-14(15)10-13(3)16/h12-14,16H,4-11H2,1-3H3. The lowest BCUT2D eigenvalue weighted by molar-refractivity contribution is 0.0432. The van der Waals surface area contributed by atoms with E-state index in [0.29, 0.717) is 12.0 Å². The molecule has 1 N–H and O–H groups in total. The average Bonchev–Trinajstić information content (AvgIpc) is 2.25. The summed E-state index contributed by atoms with van der Waals surface area (Å²) >= 11 is 0. The third-order valence-electron chi connectivity index (χ3n) is 3.34. The van der Waals surface area contributed by atoms with Gasteiger partial charge in [-0.15, -0.1) is 0 Å². The highest BCUT2D eigenvalue weighted by Gasteiger charge is 2.23. The van der Waals surface area contributed by atoms with Gasteiger partial charge in [0, 0.05) is 19.2 Å². The predicted octanol–water partition coefficient (Wildman–Crippen LogP) is 2.28. The maximum atomic E-state index is 9.51. The van der Waals surface area contributed by atoms with Crippen LogP contribution in [0, 0.1) is 5.92 Å². The van der Waals surface area contributed by atoms with E-state index in [9.17, 15) is 5.11 Å². The normalized spacial score (nSPS) is 24.2. The van der Waals surface area contributed by atoms with Gasteiger partial charge in [-0.1, -0.05) is 20.3 Å². The minimum Gasteiger partial charge on any atom is -0.393 e. The lowest BCUT2D eigenvalue weighted by Gasteiger charge is -2.36. The molecule has 3 heteroatoms. The van der Waals surface area contributed by atoms with Gasteiger partial charge >= 0.3 is 0 Å². The highest BCUT2D eigenvalue weighted by molar-refractivity contribution is 4.78. The van der Waals surface area contributed by atoms with Gasteiger partial charge in [0.25, 0.3) is 0 Å². The third kappa shape index (κ3) is 6.39.